The maximum Gasteiger partial charge on any atom is 0.134 e. The van der Waals surface area contributed by atoms with Gasteiger partial charge in [0.15, 0.2) is 0 Å². The molecule has 1 atom stereocenters. The zero-order chi connectivity index (χ0) is 13.1. The van der Waals surface area contributed by atoms with Crippen molar-refractivity contribution in [1.29, 1.82) is 10.7 Å². The van der Waals surface area contributed by atoms with E-state index < -0.39 is 6.34 Å². The van der Waals surface area contributed by atoms with Crippen LogP contribution in [0.3, 0.4) is 0 Å². The van der Waals surface area contributed by atoms with Crippen LogP contribution in [0.25, 0.3) is 0 Å². The first kappa shape index (κ1) is 16.1. The monoisotopic (exact) mass is 271 g/mol. The largest absolute Gasteiger partial charge is 0.286 e. The van der Waals surface area contributed by atoms with Gasteiger partial charge in [-0.05, 0) is 6.42 Å². The van der Waals surface area contributed by atoms with Crippen LogP contribution in [-0.2, 0) is 11.8 Å². The third-order valence-electron chi connectivity index (χ3n) is 1.89. The van der Waals surface area contributed by atoms with Gasteiger partial charge in [0.25, 0.3) is 0 Å². The van der Waals surface area contributed by atoms with Crippen LogP contribution >= 0.6 is 6.34 Å². The first-order valence-electron chi connectivity index (χ1n) is 5.42. The summed E-state index contributed by atoms with van der Waals surface area (Å²) in [4.78, 5) is 3.72. The first-order valence-corrected chi connectivity index (χ1v) is 8.43. The van der Waals surface area contributed by atoms with Gasteiger partial charge in [-0.1, -0.05) is 31.6 Å². The summed E-state index contributed by atoms with van der Waals surface area (Å²) in [7, 11) is 0. The van der Waals surface area contributed by atoms with Crippen molar-refractivity contribution in [3.05, 3.63) is 0 Å². The second-order valence-electron chi connectivity index (χ2n) is 3.51. The van der Waals surface area contributed by atoms with Gasteiger partial charge in [0, 0.05) is 18.6 Å². The van der Waals surface area contributed by atoms with Crippen LogP contribution in [0.2, 0.25) is 0 Å². The summed E-state index contributed by atoms with van der Waals surface area (Å²) in [5, 5.41) is 15.5. The lowest BCUT2D eigenvalue weighted by molar-refractivity contribution is 0.775. The van der Waals surface area contributed by atoms with E-state index in [0.717, 1.165) is 25.4 Å². The Morgan fingerprint density at radius 1 is 1.53 bits per heavy atom. The number of nitrogens with one attached hydrogen (secondary N) is 1. The lowest BCUT2D eigenvalue weighted by Crippen LogP contribution is -1.98. The standard InChI is InChI=1S/C10H18N5PS/c1-2-3-4-9-16(13,17)15-8-7-14-10(12)5-6-11/h7-8,12H,2-5,9H2,1H3,(H2,13,17). The molecule has 17 heavy (non-hydrogen) atoms. The van der Waals surface area contributed by atoms with Crippen LogP contribution in [0, 0.1) is 16.7 Å². The van der Waals surface area contributed by atoms with E-state index in [0.29, 0.717) is 0 Å². The fourth-order valence-electron chi connectivity index (χ4n) is 1.03. The molecule has 7 heteroatoms. The molecule has 0 aliphatic rings. The summed E-state index contributed by atoms with van der Waals surface area (Å²) >= 11 is 5.21. The summed E-state index contributed by atoms with van der Waals surface area (Å²) in [6, 6.07) is 1.84. The van der Waals surface area contributed by atoms with Crippen LogP contribution in [0.5, 0.6) is 0 Å². The second kappa shape index (κ2) is 9.17. The minimum Gasteiger partial charge on any atom is -0.286 e. The maximum absolute atomic E-state index is 8.31. The molecule has 0 aromatic carbocycles. The molecule has 0 fully saturated rings. The fraction of sp³-hybridized carbons (Fsp3) is 0.600. The second-order valence-corrected chi connectivity index (χ2v) is 7.60. The average Bonchev–Trinajstić information content (AvgIpc) is 2.25. The smallest absolute Gasteiger partial charge is 0.134 e. The predicted molar refractivity (Wildman–Crippen MR) is 77.8 cm³/mol. The number of amidine groups is 1. The molecule has 0 saturated carbocycles. The molecule has 0 aromatic rings. The minimum absolute atomic E-state index is 0.00236. The van der Waals surface area contributed by atoms with Gasteiger partial charge in [0.2, 0.25) is 0 Å². The molecule has 0 saturated heterocycles. The van der Waals surface area contributed by atoms with E-state index in [-0.39, 0.29) is 12.3 Å². The Labute approximate surface area is 107 Å². The molecule has 0 aromatic heterocycles. The third kappa shape index (κ3) is 10.0. The quantitative estimate of drug-likeness (QED) is 0.322. The highest BCUT2D eigenvalue weighted by molar-refractivity contribution is 8.12. The zero-order valence-electron chi connectivity index (χ0n) is 9.96. The van der Waals surface area contributed by atoms with Crippen molar-refractivity contribution in [2.24, 2.45) is 15.3 Å². The Morgan fingerprint density at radius 2 is 2.24 bits per heavy atom. The number of unbranched alkanes of at least 4 members (excludes halogenated alkanes) is 2. The van der Waals surface area contributed by atoms with Crippen molar-refractivity contribution in [1.82, 2.24) is 0 Å². The van der Waals surface area contributed by atoms with E-state index in [9.17, 15) is 0 Å². The maximum atomic E-state index is 8.31. The summed E-state index contributed by atoms with van der Waals surface area (Å²) in [5.41, 5.74) is 5.89. The van der Waals surface area contributed by atoms with Gasteiger partial charge in [0.05, 0.1) is 12.5 Å². The lowest BCUT2D eigenvalue weighted by Gasteiger charge is -2.09. The molecule has 1 unspecified atom stereocenters. The molecule has 0 bridgehead atoms. The van der Waals surface area contributed by atoms with Gasteiger partial charge in [-0.15, -0.1) is 0 Å². The molecule has 0 spiro atoms. The molecule has 5 nitrogen and oxygen atoms in total. The zero-order valence-corrected chi connectivity index (χ0v) is 11.7. The highest BCUT2D eigenvalue weighted by Crippen LogP contribution is 2.38. The molecule has 94 valence electrons. The van der Waals surface area contributed by atoms with Gasteiger partial charge >= 0.3 is 0 Å². The van der Waals surface area contributed by atoms with Crippen LogP contribution in [-0.4, -0.2) is 24.4 Å². The number of nitriles is 1. The van der Waals surface area contributed by atoms with Gasteiger partial charge in [-0.3, -0.25) is 10.9 Å². The minimum atomic E-state index is -2.12. The highest BCUT2D eigenvalue weighted by atomic mass is 32.4. The summed E-state index contributed by atoms with van der Waals surface area (Å²) in [6.07, 6.45) is 4.70. The van der Waals surface area contributed by atoms with Crippen molar-refractivity contribution < 1.29 is 0 Å². The Balaban J connectivity index is 4.10. The van der Waals surface area contributed by atoms with Crippen molar-refractivity contribution in [3.63, 3.8) is 0 Å². The number of hydrogen-bond acceptors (Lipinski definition) is 3. The van der Waals surface area contributed by atoms with E-state index in [1.165, 1.54) is 12.4 Å². The van der Waals surface area contributed by atoms with Crippen molar-refractivity contribution >= 4 is 36.4 Å². The highest BCUT2D eigenvalue weighted by Gasteiger charge is 2.05. The van der Waals surface area contributed by atoms with Crippen LogP contribution in [0.4, 0.5) is 0 Å². The number of aliphatic imine (C=N–C) groups is 1. The van der Waals surface area contributed by atoms with Crippen molar-refractivity contribution in [2.75, 3.05) is 6.16 Å². The summed E-state index contributed by atoms with van der Waals surface area (Å²) in [6.45, 7) is 2.12. The molecular weight excluding hydrogens is 253 g/mol. The van der Waals surface area contributed by atoms with Crippen LogP contribution in [0.15, 0.2) is 9.76 Å². The number of nitrogens with two attached hydrogens (primary N) is 1. The molecule has 0 rings (SSSR count). The van der Waals surface area contributed by atoms with Crippen LogP contribution < -0.4 is 5.50 Å². The predicted octanol–water partition coefficient (Wildman–Crippen LogP) is 2.48. The molecule has 0 amide bonds. The summed E-state index contributed by atoms with van der Waals surface area (Å²) < 4.78 is 4.11. The number of nitrogens with zero attached hydrogens (tertiary/aromatic N) is 3. The summed E-state index contributed by atoms with van der Waals surface area (Å²) in [5.74, 6) is 0.00950. The topological polar surface area (TPSA) is 98.4 Å². The van der Waals surface area contributed by atoms with E-state index in [2.05, 4.69) is 16.7 Å². The molecular formula is C10H18N5PS. The van der Waals surface area contributed by atoms with Gasteiger partial charge in [0.1, 0.15) is 12.2 Å². The van der Waals surface area contributed by atoms with E-state index in [1.54, 1.807) is 0 Å². The molecule has 0 aliphatic heterocycles. The Morgan fingerprint density at radius 3 is 2.82 bits per heavy atom. The van der Waals surface area contributed by atoms with Crippen molar-refractivity contribution in [2.45, 2.75) is 32.6 Å². The Hall–Kier alpha value is -0.890. The Bertz CT molecular complexity index is 383. The third-order valence-corrected chi connectivity index (χ3v) is 4.20. The van der Waals surface area contributed by atoms with Crippen LogP contribution in [0.1, 0.15) is 32.6 Å². The fourth-order valence-corrected chi connectivity index (χ4v) is 2.66. The van der Waals surface area contributed by atoms with Gasteiger partial charge in [-0.25, -0.2) is 9.76 Å². The van der Waals surface area contributed by atoms with E-state index in [4.69, 9.17) is 28.0 Å². The van der Waals surface area contributed by atoms with Gasteiger partial charge in [-0.2, -0.15) is 5.26 Å². The Kier molecular flexibility index (Phi) is 8.69. The first-order chi connectivity index (χ1) is 8.02. The average molecular weight is 271 g/mol. The number of rotatable bonds is 7. The van der Waals surface area contributed by atoms with E-state index in [1.807, 2.05) is 6.07 Å². The lowest BCUT2D eigenvalue weighted by atomic mass is 10.3. The van der Waals surface area contributed by atoms with Gasteiger partial charge < -0.3 is 0 Å². The number of hydrogen-bond donors (Lipinski definition) is 2. The SMILES string of the molecule is CCCCCP(N)(=S)N=CC=NC(=N)CC#N. The molecule has 0 radical (unpaired) electrons. The van der Waals surface area contributed by atoms with E-state index >= 15 is 0 Å². The molecule has 3 N–H and O–H groups in total. The van der Waals surface area contributed by atoms with Crippen molar-refractivity contribution in [3.8, 4) is 6.07 Å². The normalized spacial score (nSPS) is 14.9. The molecule has 0 heterocycles. The molecule has 0 aliphatic carbocycles.